The number of hydrogen-bond donors (Lipinski definition) is 1. The van der Waals surface area contributed by atoms with E-state index < -0.39 is 10.0 Å². The molecule has 0 aliphatic rings. The van der Waals surface area contributed by atoms with Crippen LogP contribution in [0.25, 0.3) is 0 Å². The van der Waals surface area contributed by atoms with Gasteiger partial charge in [-0.05, 0) is 18.2 Å². The van der Waals surface area contributed by atoms with E-state index >= 15 is 0 Å². The van der Waals surface area contributed by atoms with E-state index in [1.165, 1.54) is 12.1 Å². The number of ketones is 1. The fraction of sp³-hybridized carbons (Fsp3) is 0.0714. The monoisotopic (exact) mass is 353 g/mol. The van der Waals surface area contributed by atoms with Gasteiger partial charge in [0.2, 0.25) is 10.0 Å². The van der Waals surface area contributed by atoms with Crippen molar-refractivity contribution in [3.8, 4) is 0 Å². The lowest BCUT2D eigenvalue weighted by atomic mass is 10.1. The minimum Gasteiger partial charge on any atom is -0.293 e. The minimum absolute atomic E-state index is 0.118. The van der Waals surface area contributed by atoms with Crippen LogP contribution in [-0.2, 0) is 10.0 Å². The molecular formula is C14H12BrNO3S. The molecule has 0 heterocycles. The van der Waals surface area contributed by atoms with Crippen molar-refractivity contribution in [2.75, 3.05) is 6.54 Å². The maximum Gasteiger partial charge on any atom is 0.241 e. The van der Waals surface area contributed by atoms with Gasteiger partial charge in [-0.25, -0.2) is 13.1 Å². The molecule has 0 aliphatic heterocycles. The van der Waals surface area contributed by atoms with E-state index in [0.717, 1.165) is 0 Å². The number of halogens is 1. The first-order valence-corrected chi connectivity index (χ1v) is 8.10. The molecule has 6 heteroatoms. The first kappa shape index (κ1) is 14.9. The van der Waals surface area contributed by atoms with Gasteiger partial charge in [0.05, 0.1) is 11.4 Å². The number of sulfonamides is 1. The molecule has 2 rings (SSSR count). The lowest BCUT2D eigenvalue weighted by molar-refractivity contribution is 0.0997. The highest BCUT2D eigenvalue weighted by atomic mass is 79.9. The van der Waals surface area contributed by atoms with Gasteiger partial charge >= 0.3 is 0 Å². The van der Waals surface area contributed by atoms with Crippen LogP contribution in [0.1, 0.15) is 10.4 Å². The first-order chi connectivity index (χ1) is 9.49. The van der Waals surface area contributed by atoms with Crippen molar-refractivity contribution < 1.29 is 13.2 Å². The van der Waals surface area contributed by atoms with E-state index in [1.807, 2.05) is 0 Å². The van der Waals surface area contributed by atoms with Crippen LogP contribution in [0.15, 0.2) is 64.0 Å². The summed E-state index contributed by atoms with van der Waals surface area (Å²) in [6, 6.07) is 14.9. The molecule has 0 unspecified atom stereocenters. The topological polar surface area (TPSA) is 63.2 Å². The Balaban J connectivity index is 2.09. The average Bonchev–Trinajstić information content (AvgIpc) is 2.46. The van der Waals surface area contributed by atoms with Crippen LogP contribution in [0.3, 0.4) is 0 Å². The zero-order valence-electron chi connectivity index (χ0n) is 10.4. The predicted molar refractivity (Wildman–Crippen MR) is 80.1 cm³/mol. The van der Waals surface area contributed by atoms with Gasteiger partial charge in [0, 0.05) is 10.0 Å². The van der Waals surface area contributed by atoms with Crippen LogP contribution in [0.5, 0.6) is 0 Å². The van der Waals surface area contributed by atoms with Gasteiger partial charge in [-0.15, -0.1) is 0 Å². The third-order valence-corrected chi connectivity index (χ3v) is 4.52. The Morgan fingerprint density at radius 1 is 1.05 bits per heavy atom. The van der Waals surface area contributed by atoms with Crippen LogP contribution >= 0.6 is 15.9 Å². The summed E-state index contributed by atoms with van der Waals surface area (Å²) in [5.41, 5.74) is 0.476. The van der Waals surface area contributed by atoms with E-state index in [9.17, 15) is 13.2 Å². The third kappa shape index (κ3) is 3.75. The number of Topliss-reactive ketones (excluding diaryl/α,β-unsaturated/α-hetero) is 1. The highest BCUT2D eigenvalue weighted by Gasteiger charge is 2.16. The molecule has 0 fully saturated rings. The van der Waals surface area contributed by atoms with Gasteiger partial charge < -0.3 is 0 Å². The van der Waals surface area contributed by atoms with Crippen molar-refractivity contribution >= 4 is 31.7 Å². The second-order valence-corrected chi connectivity index (χ2v) is 6.75. The summed E-state index contributed by atoms with van der Waals surface area (Å²) in [6.45, 7) is -0.265. The normalized spacial score (nSPS) is 11.2. The van der Waals surface area contributed by atoms with Crippen LogP contribution in [0.2, 0.25) is 0 Å². The van der Waals surface area contributed by atoms with Gasteiger partial charge in [0.15, 0.2) is 5.78 Å². The molecule has 0 aromatic heterocycles. The standard InChI is InChI=1S/C14H12BrNO3S/c15-12-7-4-8-13(9-12)20(18,19)16-10-14(17)11-5-2-1-3-6-11/h1-9,16H,10H2. The molecule has 4 nitrogen and oxygen atoms in total. The summed E-state index contributed by atoms with van der Waals surface area (Å²) in [7, 11) is -3.69. The summed E-state index contributed by atoms with van der Waals surface area (Å²) >= 11 is 3.21. The van der Waals surface area contributed by atoms with Crippen molar-refractivity contribution in [3.63, 3.8) is 0 Å². The predicted octanol–water partition coefficient (Wildman–Crippen LogP) is 2.61. The van der Waals surface area contributed by atoms with Gasteiger partial charge in [0.1, 0.15) is 0 Å². The summed E-state index contributed by atoms with van der Waals surface area (Å²) in [5, 5.41) is 0. The Bertz CT molecular complexity index is 714. The zero-order chi connectivity index (χ0) is 14.6. The molecule has 0 amide bonds. The average molecular weight is 354 g/mol. The van der Waals surface area contributed by atoms with Crippen LogP contribution in [0.4, 0.5) is 0 Å². The van der Waals surface area contributed by atoms with Gasteiger partial charge in [-0.3, -0.25) is 4.79 Å². The van der Waals surface area contributed by atoms with Gasteiger partial charge in [-0.2, -0.15) is 0 Å². The fourth-order valence-electron chi connectivity index (χ4n) is 1.60. The lowest BCUT2D eigenvalue weighted by Crippen LogP contribution is -2.29. The molecule has 2 aromatic rings. The van der Waals surface area contributed by atoms with E-state index in [2.05, 4.69) is 20.7 Å². The van der Waals surface area contributed by atoms with Crippen molar-refractivity contribution in [2.24, 2.45) is 0 Å². The Morgan fingerprint density at radius 2 is 1.75 bits per heavy atom. The summed E-state index contributed by atoms with van der Waals surface area (Å²) in [4.78, 5) is 12.0. The van der Waals surface area contributed by atoms with E-state index in [1.54, 1.807) is 42.5 Å². The molecule has 104 valence electrons. The van der Waals surface area contributed by atoms with Crippen molar-refractivity contribution in [1.29, 1.82) is 0 Å². The van der Waals surface area contributed by atoms with Crippen LogP contribution < -0.4 is 4.72 Å². The van der Waals surface area contributed by atoms with Crippen molar-refractivity contribution in [2.45, 2.75) is 4.90 Å². The lowest BCUT2D eigenvalue weighted by Gasteiger charge is -2.06. The highest BCUT2D eigenvalue weighted by Crippen LogP contribution is 2.15. The molecule has 0 aliphatic carbocycles. The second kappa shape index (κ2) is 6.30. The number of rotatable bonds is 5. The number of carbonyl (C=O) groups is 1. The van der Waals surface area contributed by atoms with Gasteiger partial charge in [0.25, 0.3) is 0 Å². The zero-order valence-corrected chi connectivity index (χ0v) is 12.8. The van der Waals surface area contributed by atoms with Crippen molar-refractivity contribution in [1.82, 2.24) is 4.72 Å². The van der Waals surface area contributed by atoms with E-state index in [0.29, 0.717) is 10.0 Å². The maximum atomic E-state index is 12.0. The molecule has 0 atom stereocenters. The summed E-state index contributed by atoms with van der Waals surface area (Å²) in [5.74, 6) is -0.274. The largest absolute Gasteiger partial charge is 0.293 e. The molecule has 0 saturated carbocycles. The quantitative estimate of drug-likeness (QED) is 0.840. The highest BCUT2D eigenvalue weighted by molar-refractivity contribution is 9.10. The molecule has 0 radical (unpaired) electrons. The van der Waals surface area contributed by atoms with E-state index in [-0.39, 0.29) is 17.2 Å². The number of benzene rings is 2. The molecule has 2 aromatic carbocycles. The summed E-state index contributed by atoms with van der Waals surface area (Å²) in [6.07, 6.45) is 0. The van der Waals surface area contributed by atoms with Gasteiger partial charge in [-0.1, -0.05) is 52.3 Å². The second-order valence-electron chi connectivity index (χ2n) is 4.07. The fourth-order valence-corrected chi connectivity index (χ4v) is 3.18. The summed E-state index contributed by atoms with van der Waals surface area (Å²) < 4.78 is 27.0. The number of hydrogen-bond acceptors (Lipinski definition) is 3. The Morgan fingerprint density at radius 3 is 2.40 bits per heavy atom. The molecule has 0 bridgehead atoms. The Kier molecular flexibility index (Phi) is 4.69. The minimum atomic E-state index is -3.69. The number of nitrogens with one attached hydrogen (secondary N) is 1. The molecular weight excluding hydrogens is 342 g/mol. The number of carbonyl (C=O) groups excluding carboxylic acids is 1. The van der Waals surface area contributed by atoms with E-state index in [4.69, 9.17) is 0 Å². The first-order valence-electron chi connectivity index (χ1n) is 5.82. The smallest absolute Gasteiger partial charge is 0.241 e. The van der Waals surface area contributed by atoms with Crippen molar-refractivity contribution in [3.05, 3.63) is 64.6 Å². The van der Waals surface area contributed by atoms with Crippen LogP contribution in [-0.4, -0.2) is 20.7 Å². The van der Waals surface area contributed by atoms with Crippen LogP contribution in [0, 0.1) is 0 Å². The molecule has 1 N–H and O–H groups in total. The molecule has 0 saturated heterocycles. The SMILES string of the molecule is O=C(CNS(=O)(=O)c1cccc(Br)c1)c1ccccc1. The molecule has 0 spiro atoms. The Hall–Kier alpha value is -1.50. The maximum absolute atomic E-state index is 12.0. The molecule has 20 heavy (non-hydrogen) atoms. The third-order valence-electron chi connectivity index (χ3n) is 2.62. The Labute approximate surface area is 126 Å².